The summed E-state index contributed by atoms with van der Waals surface area (Å²) in [6, 6.07) is 5.66. The number of methoxy groups -OCH3 is 2. The van der Waals surface area contributed by atoms with Crippen molar-refractivity contribution in [2.45, 2.75) is 38.8 Å². The molecular weight excluding hydrogens is 256 g/mol. The lowest BCUT2D eigenvalue weighted by molar-refractivity contribution is -0.121. The molecule has 0 saturated heterocycles. The van der Waals surface area contributed by atoms with E-state index in [0.717, 1.165) is 29.9 Å². The molecule has 0 aliphatic rings. The maximum atomic E-state index is 11.7. The minimum atomic E-state index is 0.0236. The van der Waals surface area contributed by atoms with Crippen LogP contribution >= 0.6 is 0 Å². The molecule has 1 rings (SSSR count). The second kappa shape index (κ2) is 8.43. The third-order valence-electron chi connectivity index (χ3n) is 3.03. The highest BCUT2D eigenvalue weighted by molar-refractivity contribution is 5.75. The minimum Gasteiger partial charge on any atom is -0.497 e. The summed E-state index contributed by atoms with van der Waals surface area (Å²) in [5, 5.41) is 2.88. The second-order valence-corrected chi connectivity index (χ2v) is 4.82. The zero-order valence-electron chi connectivity index (χ0n) is 12.4. The van der Waals surface area contributed by atoms with Gasteiger partial charge < -0.3 is 20.5 Å². The van der Waals surface area contributed by atoms with Crippen molar-refractivity contribution < 1.29 is 14.3 Å². The molecule has 0 bridgehead atoms. The Bertz CT molecular complexity index is 433. The Hall–Kier alpha value is -1.75. The van der Waals surface area contributed by atoms with E-state index in [1.807, 2.05) is 25.1 Å². The van der Waals surface area contributed by atoms with Gasteiger partial charge in [-0.25, -0.2) is 0 Å². The van der Waals surface area contributed by atoms with E-state index in [9.17, 15) is 4.79 Å². The topological polar surface area (TPSA) is 73.6 Å². The summed E-state index contributed by atoms with van der Waals surface area (Å²) in [5.41, 5.74) is 6.55. The number of nitrogens with one attached hydrogen (secondary N) is 1. The van der Waals surface area contributed by atoms with Gasteiger partial charge >= 0.3 is 0 Å². The van der Waals surface area contributed by atoms with Gasteiger partial charge in [0.2, 0.25) is 5.91 Å². The summed E-state index contributed by atoms with van der Waals surface area (Å²) in [7, 11) is 3.22. The van der Waals surface area contributed by atoms with E-state index in [-0.39, 0.29) is 11.9 Å². The summed E-state index contributed by atoms with van der Waals surface area (Å²) in [6.07, 6.45) is 2.16. The molecule has 112 valence electrons. The molecule has 0 aromatic heterocycles. The molecule has 0 radical (unpaired) electrons. The fourth-order valence-electron chi connectivity index (χ4n) is 1.89. The highest BCUT2D eigenvalue weighted by atomic mass is 16.5. The molecule has 1 aromatic carbocycles. The molecule has 5 heteroatoms. The largest absolute Gasteiger partial charge is 0.497 e. The van der Waals surface area contributed by atoms with Gasteiger partial charge in [-0.2, -0.15) is 0 Å². The van der Waals surface area contributed by atoms with E-state index < -0.39 is 0 Å². The second-order valence-electron chi connectivity index (χ2n) is 4.82. The monoisotopic (exact) mass is 280 g/mol. The van der Waals surface area contributed by atoms with Crippen molar-refractivity contribution in [1.29, 1.82) is 0 Å². The van der Waals surface area contributed by atoms with Crippen LogP contribution in [0, 0.1) is 0 Å². The third kappa shape index (κ3) is 5.48. The Balaban J connectivity index is 2.49. The Morgan fingerprint density at radius 1 is 1.35 bits per heavy atom. The van der Waals surface area contributed by atoms with Crippen molar-refractivity contribution in [2.24, 2.45) is 5.73 Å². The number of ether oxygens (including phenoxy) is 2. The van der Waals surface area contributed by atoms with Crippen molar-refractivity contribution in [2.75, 3.05) is 14.2 Å². The number of hydrogen-bond donors (Lipinski definition) is 2. The lowest BCUT2D eigenvalue weighted by Crippen LogP contribution is -2.23. The van der Waals surface area contributed by atoms with Crippen LogP contribution in [0.2, 0.25) is 0 Å². The first-order chi connectivity index (χ1) is 9.56. The number of nitrogens with two attached hydrogens (primary N) is 1. The van der Waals surface area contributed by atoms with Crippen LogP contribution in [0.1, 0.15) is 31.7 Å². The van der Waals surface area contributed by atoms with Gasteiger partial charge in [0.05, 0.1) is 14.2 Å². The average molecular weight is 280 g/mol. The molecule has 0 heterocycles. The van der Waals surface area contributed by atoms with Crippen LogP contribution in [-0.4, -0.2) is 26.2 Å². The predicted octanol–water partition coefficient (Wildman–Crippen LogP) is 1.84. The molecule has 5 nitrogen and oxygen atoms in total. The Morgan fingerprint density at radius 2 is 2.10 bits per heavy atom. The van der Waals surface area contributed by atoms with Crippen molar-refractivity contribution in [3.63, 3.8) is 0 Å². The molecule has 1 aromatic rings. The van der Waals surface area contributed by atoms with Crippen LogP contribution in [-0.2, 0) is 11.3 Å². The van der Waals surface area contributed by atoms with Crippen LogP contribution in [0.15, 0.2) is 18.2 Å². The first-order valence-electron chi connectivity index (χ1n) is 6.80. The minimum absolute atomic E-state index is 0.0236. The summed E-state index contributed by atoms with van der Waals surface area (Å²) in [4.78, 5) is 11.7. The molecule has 1 unspecified atom stereocenters. The number of rotatable bonds is 8. The maximum Gasteiger partial charge on any atom is 0.220 e. The average Bonchev–Trinajstić information content (AvgIpc) is 2.44. The first-order valence-corrected chi connectivity index (χ1v) is 6.80. The fraction of sp³-hybridized carbons (Fsp3) is 0.533. The van der Waals surface area contributed by atoms with Gasteiger partial charge in [0, 0.05) is 24.6 Å². The Labute approximate surface area is 120 Å². The zero-order valence-corrected chi connectivity index (χ0v) is 12.4. The van der Waals surface area contributed by atoms with E-state index in [2.05, 4.69) is 5.32 Å². The van der Waals surface area contributed by atoms with Crippen LogP contribution in [0.25, 0.3) is 0 Å². The highest BCUT2D eigenvalue weighted by Gasteiger charge is 2.07. The van der Waals surface area contributed by atoms with Crippen LogP contribution in [0.4, 0.5) is 0 Å². The summed E-state index contributed by atoms with van der Waals surface area (Å²) >= 11 is 0. The van der Waals surface area contributed by atoms with Gasteiger partial charge in [-0.05, 0) is 38.0 Å². The van der Waals surface area contributed by atoms with E-state index in [1.165, 1.54) is 0 Å². The van der Waals surface area contributed by atoms with Crippen molar-refractivity contribution in [1.82, 2.24) is 5.32 Å². The molecule has 1 atom stereocenters. The van der Waals surface area contributed by atoms with Crippen molar-refractivity contribution in [3.05, 3.63) is 23.8 Å². The number of carbonyl (C=O) groups is 1. The van der Waals surface area contributed by atoms with Gasteiger partial charge in [-0.3, -0.25) is 4.79 Å². The predicted molar refractivity (Wildman–Crippen MR) is 78.9 cm³/mol. The van der Waals surface area contributed by atoms with Crippen LogP contribution in [0.3, 0.4) is 0 Å². The lowest BCUT2D eigenvalue weighted by Gasteiger charge is -2.11. The standard InChI is InChI=1S/C15H24N2O3/c1-11(16)5-4-6-15(18)17-10-12-9-13(19-2)7-8-14(12)20-3/h7-9,11H,4-6,10,16H2,1-3H3,(H,17,18). The van der Waals surface area contributed by atoms with E-state index in [4.69, 9.17) is 15.2 Å². The number of hydrogen-bond acceptors (Lipinski definition) is 4. The zero-order chi connectivity index (χ0) is 15.0. The molecule has 3 N–H and O–H groups in total. The summed E-state index contributed by atoms with van der Waals surface area (Å²) < 4.78 is 10.4. The normalized spacial score (nSPS) is 11.8. The van der Waals surface area contributed by atoms with E-state index in [1.54, 1.807) is 14.2 Å². The fourth-order valence-corrected chi connectivity index (χ4v) is 1.89. The number of benzene rings is 1. The lowest BCUT2D eigenvalue weighted by atomic mass is 10.1. The van der Waals surface area contributed by atoms with Gasteiger partial charge in [0.15, 0.2) is 0 Å². The van der Waals surface area contributed by atoms with Crippen LogP contribution in [0.5, 0.6) is 11.5 Å². The molecule has 0 spiro atoms. The summed E-state index contributed by atoms with van der Waals surface area (Å²) in [6.45, 7) is 2.37. The number of carbonyl (C=O) groups excluding carboxylic acids is 1. The SMILES string of the molecule is COc1ccc(OC)c(CNC(=O)CCCC(C)N)c1. The first kappa shape index (κ1) is 16.3. The van der Waals surface area contributed by atoms with Crippen molar-refractivity contribution in [3.8, 4) is 11.5 Å². The Kier molecular flexibility index (Phi) is 6.87. The number of amides is 1. The van der Waals surface area contributed by atoms with Gasteiger partial charge in [0.25, 0.3) is 0 Å². The Morgan fingerprint density at radius 3 is 2.70 bits per heavy atom. The van der Waals surface area contributed by atoms with Gasteiger partial charge in [0.1, 0.15) is 11.5 Å². The highest BCUT2D eigenvalue weighted by Crippen LogP contribution is 2.23. The third-order valence-corrected chi connectivity index (χ3v) is 3.03. The molecule has 0 aliphatic heterocycles. The molecule has 0 saturated carbocycles. The maximum absolute atomic E-state index is 11.7. The smallest absolute Gasteiger partial charge is 0.220 e. The summed E-state index contributed by atoms with van der Waals surface area (Å²) in [5.74, 6) is 1.50. The van der Waals surface area contributed by atoms with Crippen LogP contribution < -0.4 is 20.5 Å². The quantitative estimate of drug-likeness (QED) is 0.762. The van der Waals surface area contributed by atoms with E-state index >= 15 is 0 Å². The molecule has 0 aliphatic carbocycles. The van der Waals surface area contributed by atoms with Gasteiger partial charge in [-0.15, -0.1) is 0 Å². The molecule has 0 fully saturated rings. The van der Waals surface area contributed by atoms with E-state index in [0.29, 0.717) is 13.0 Å². The van der Waals surface area contributed by atoms with Crippen molar-refractivity contribution >= 4 is 5.91 Å². The molecule has 1 amide bonds. The van der Waals surface area contributed by atoms with Gasteiger partial charge in [-0.1, -0.05) is 0 Å². The molecule has 20 heavy (non-hydrogen) atoms. The molecular formula is C15H24N2O3.